The molecule has 1 unspecified atom stereocenters. The van der Waals surface area contributed by atoms with Crippen LogP contribution >= 0.6 is 0 Å². The normalized spacial score (nSPS) is 17.8. The van der Waals surface area contributed by atoms with Gasteiger partial charge < -0.3 is 0 Å². The van der Waals surface area contributed by atoms with Gasteiger partial charge in [0, 0.05) is 23.5 Å². The molecule has 24 heavy (non-hydrogen) atoms. The van der Waals surface area contributed by atoms with Crippen LogP contribution in [-0.4, -0.2) is 21.3 Å². The number of piperidine rings is 1. The van der Waals surface area contributed by atoms with Gasteiger partial charge in [0.05, 0.1) is 11.9 Å². The Kier molecular flexibility index (Phi) is 4.09. The van der Waals surface area contributed by atoms with Gasteiger partial charge in [0.2, 0.25) is 0 Å². The summed E-state index contributed by atoms with van der Waals surface area (Å²) in [5.74, 6) is -0.231. The number of halogens is 1. The van der Waals surface area contributed by atoms with E-state index in [-0.39, 0.29) is 12.0 Å². The van der Waals surface area contributed by atoms with E-state index in [1.165, 1.54) is 25.0 Å². The second-order valence-electron chi connectivity index (χ2n) is 6.06. The van der Waals surface area contributed by atoms with Crippen LogP contribution in [0.2, 0.25) is 0 Å². The van der Waals surface area contributed by atoms with Crippen LogP contribution in [0.1, 0.15) is 25.4 Å². The molecule has 0 radical (unpaired) electrons. The number of aromatic nitrogens is 3. The van der Waals surface area contributed by atoms with Gasteiger partial charge in [-0.1, -0.05) is 12.1 Å². The molecular formula is C19H19FN4. The highest BCUT2D eigenvalue weighted by Crippen LogP contribution is 2.34. The summed E-state index contributed by atoms with van der Waals surface area (Å²) >= 11 is 0. The minimum absolute atomic E-state index is 0.191. The highest BCUT2D eigenvalue weighted by Gasteiger charge is 2.22. The smallest absolute Gasteiger partial charge is 0.123 e. The first-order chi connectivity index (χ1) is 11.8. The fraction of sp³-hybridized carbons (Fsp3) is 0.263. The molecule has 1 aliphatic rings. The lowest BCUT2D eigenvalue weighted by Crippen LogP contribution is -2.32. The van der Waals surface area contributed by atoms with E-state index in [1.807, 2.05) is 18.3 Å². The van der Waals surface area contributed by atoms with Crippen molar-refractivity contribution in [2.24, 2.45) is 0 Å². The SMILES string of the molecule is Fc1ccc(-c2cnn(C3CCCCN3)c2-c2ccncc2)cc1. The van der Waals surface area contributed by atoms with Crippen LogP contribution in [0.5, 0.6) is 0 Å². The van der Waals surface area contributed by atoms with Gasteiger partial charge in [-0.15, -0.1) is 0 Å². The van der Waals surface area contributed by atoms with Crippen LogP contribution in [0.15, 0.2) is 55.0 Å². The average Bonchev–Trinajstić information content (AvgIpc) is 3.09. The summed E-state index contributed by atoms with van der Waals surface area (Å²) < 4.78 is 15.3. The number of hydrogen-bond acceptors (Lipinski definition) is 3. The van der Waals surface area contributed by atoms with Crippen molar-refractivity contribution >= 4 is 0 Å². The fourth-order valence-electron chi connectivity index (χ4n) is 3.28. The predicted molar refractivity (Wildman–Crippen MR) is 91.7 cm³/mol. The standard InChI is InChI=1S/C19H19FN4/c20-16-6-4-14(5-7-16)17-13-23-24(18-3-1-2-10-22-18)19(17)15-8-11-21-12-9-15/h4-9,11-13,18,22H,1-3,10H2. The minimum Gasteiger partial charge on any atom is -0.296 e. The van der Waals surface area contributed by atoms with Crippen LogP contribution in [0.3, 0.4) is 0 Å². The van der Waals surface area contributed by atoms with Crippen molar-refractivity contribution in [3.63, 3.8) is 0 Å². The second-order valence-corrected chi connectivity index (χ2v) is 6.06. The topological polar surface area (TPSA) is 42.7 Å². The summed E-state index contributed by atoms with van der Waals surface area (Å²) in [5.41, 5.74) is 4.08. The zero-order valence-electron chi connectivity index (χ0n) is 13.3. The van der Waals surface area contributed by atoms with Gasteiger partial charge in [-0.25, -0.2) is 9.07 Å². The van der Waals surface area contributed by atoms with E-state index in [0.29, 0.717) is 0 Å². The maximum Gasteiger partial charge on any atom is 0.123 e. The van der Waals surface area contributed by atoms with Crippen molar-refractivity contribution in [2.75, 3.05) is 6.54 Å². The van der Waals surface area contributed by atoms with E-state index >= 15 is 0 Å². The van der Waals surface area contributed by atoms with Gasteiger partial charge in [0.25, 0.3) is 0 Å². The molecule has 1 N–H and O–H groups in total. The van der Waals surface area contributed by atoms with Gasteiger partial charge in [-0.2, -0.15) is 5.10 Å². The van der Waals surface area contributed by atoms with Crippen molar-refractivity contribution in [1.29, 1.82) is 0 Å². The first-order valence-electron chi connectivity index (χ1n) is 8.30. The Morgan fingerprint density at radius 1 is 1.00 bits per heavy atom. The molecule has 0 spiro atoms. The largest absolute Gasteiger partial charge is 0.296 e. The summed E-state index contributed by atoms with van der Waals surface area (Å²) in [4.78, 5) is 4.12. The number of rotatable bonds is 3. The van der Waals surface area contributed by atoms with Gasteiger partial charge in [-0.05, 0) is 55.6 Å². The van der Waals surface area contributed by atoms with Gasteiger partial charge in [-0.3, -0.25) is 10.3 Å². The Morgan fingerprint density at radius 2 is 1.79 bits per heavy atom. The molecule has 122 valence electrons. The van der Waals surface area contributed by atoms with Crippen molar-refractivity contribution < 1.29 is 4.39 Å². The molecule has 5 heteroatoms. The third-order valence-corrected chi connectivity index (χ3v) is 4.48. The number of pyridine rings is 1. The summed E-state index contributed by atoms with van der Waals surface area (Å²) in [6.07, 6.45) is 9.09. The number of nitrogens with zero attached hydrogens (tertiary/aromatic N) is 3. The van der Waals surface area contributed by atoms with E-state index < -0.39 is 0 Å². The van der Waals surface area contributed by atoms with E-state index in [0.717, 1.165) is 35.3 Å². The molecule has 4 nitrogen and oxygen atoms in total. The predicted octanol–water partition coefficient (Wildman–Crippen LogP) is 4.02. The Hall–Kier alpha value is -2.53. The molecule has 1 fully saturated rings. The molecule has 3 heterocycles. The van der Waals surface area contributed by atoms with Crippen LogP contribution in [0, 0.1) is 5.82 Å². The van der Waals surface area contributed by atoms with Crippen molar-refractivity contribution in [1.82, 2.24) is 20.1 Å². The number of benzene rings is 1. The molecule has 4 rings (SSSR count). The van der Waals surface area contributed by atoms with Crippen LogP contribution in [0.25, 0.3) is 22.4 Å². The molecule has 1 aliphatic heterocycles. The highest BCUT2D eigenvalue weighted by molar-refractivity contribution is 5.80. The Morgan fingerprint density at radius 3 is 2.50 bits per heavy atom. The molecule has 1 atom stereocenters. The Balaban J connectivity index is 1.84. The van der Waals surface area contributed by atoms with Gasteiger partial charge in [0.1, 0.15) is 12.0 Å². The summed E-state index contributed by atoms with van der Waals surface area (Å²) in [7, 11) is 0. The lowest BCUT2D eigenvalue weighted by molar-refractivity contribution is 0.301. The van der Waals surface area contributed by atoms with E-state index in [9.17, 15) is 4.39 Å². The quantitative estimate of drug-likeness (QED) is 0.792. The fourth-order valence-corrected chi connectivity index (χ4v) is 3.28. The van der Waals surface area contributed by atoms with Crippen molar-refractivity contribution in [3.8, 4) is 22.4 Å². The molecule has 2 aromatic heterocycles. The molecule has 0 aliphatic carbocycles. The third-order valence-electron chi connectivity index (χ3n) is 4.48. The first kappa shape index (κ1) is 15.0. The Bertz CT molecular complexity index is 805. The minimum atomic E-state index is -0.231. The van der Waals surface area contributed by atoms with Crippen molar-refractivity contribution in [3.05, 3.63) is 60.8 Å². The third kappa shape index (κ3) is 2.83. The van der Waals surface area contributed by atoms with Crippen molar-refractivity contribution in [2.45, 2.75) is 25.4 Å². The molecule has 1 saturated heterocycles. The monoisotopic (exact) mass is 322 g/mol. The van der Waals surface area contributed by atoms with Gasteiger partial charge >= 0.3 is 0 Å². The van der Waals surface area contributed by atoms with E-state index in [2.05, 4.69) is 20.1 Å². The summed E-state index contributed by atoms with van der Waals surface area (Å²) in [6, 6.07) is 10.6. The van der Waals surface area contributed by atoms with Gasteiger partial charge in [0.15, 0.2) is 0 Å². The zero-order valence-corrected chi connectivity index (χ0v) is 13.3. The molecule has 0 amide bonds. The van der Waals surface area contributed by atoms with Crippen LogP contribution < -0.4 is 5.32 Å². The van der Waals surface area contributed by atoms with E-state index in [4.69, 9.17) is 0 Å². The second kappa shape index (κ2) is 6.53. The average molecular weight is 322 g/mol. The number of nitrogens with one attached hydrogen (secondary N) is 1. The van der Waals surface area contributed by atoms with Crippen LogP contribution in [-0.2, 0) is 0 Å². The zero-order chi connectivity index (χ0) is 16.4. The summed E-state index contributed by atoms with van der Waals surface area (Å²) in [5, 5.41) is 8.20. The maximum atomic E-state index is 13.3. The maximum absolute atomic E-state index is 13.3. The Labute approximate surface area is 140 Å². The lowest BCUT2D eigenvalue weighted by atomic mass is 10.0. The number of hydrogen-bond donors (Lipinski definition) is 1. The molecule has 0 saturated carbocycles. The molecule has 3 aromatic rings. The molecule has 1 aromatic carbocycles. The summed E-state index contributed by atoms with van der Waals surface area (Å²) in [6.45, 7) is 1.01. The highest BCUT2D eigenvalue weighted by atomic mass is 19.1. The van der Waals surface area contributed by atoms with E-state index in [1.54, 1.807) is 24.5 Å². The molecular weight excluding hydrogens is 303 g/mol. The first-order valence-corrected chi connectivity index (χ1v) is 8.30. The lowest BCUT2D eigenvalue weighted by Gasteiger charge is -2.26. The molecule has 0 bridgehead atoms. The van der Waals surface area contributed by atoms with Crippen LogP contribution in [0.4, 0.5) is 4.39 Å².